The number of nitrogens with one attached hydrogen (secondary N) is 1. The maximum absolute atomic E-state index is 5.62. The summed E-state index contributed by atoms with van der Waals surface area (Å²) in [6.07, 6.45) is 9.19. The second kappa shape index (κ2) is 11.4. The molecule has 0 aliphatic heterocycles. The third-order valence-electron chi connectivity index (χ3n) is 3.10. The molecule has 1 N–H and O–H groups in total. The van der Waals surface area contributed by atoms with Crippen molar-refractivity contribution in [3.63, 3.8) is 0 Å². The number of hydrogen-bond donors (Lipinski definition) is 1. The van der Waals surface area contributed by atoms with E-state index in [4.69, 9.17) is 4.74 Å². The quantitative estimate of drug-likeness (QED) is 0.545. The Morgan fingerprint density at radius 3 is 2.19 bits per heavy atom. The molecule has 0 aromatic carbocycles. The lowest BCUT2D eigenvalue weighted by Gasteiger charge is -2.27. The van der Waals surface area contributed by atoms with Crippen LogP contribution in [-0.4, -0.2) is 25.8 Å². The monoisotopic (exact) mass is 229 g/mol. The fourth-order valence-electron chi connectivity index (χ4n) is 2.13. The number of unbranched alkanes of at least 4 members (excludes halogenated alkanes) is 2. The third kappa shape index (κ3) is 7.24. The van der Waals surface area contributed by atoms with Gasteiger partial charge in [0.1, 0.15) is 0 Å². The highest BCUT2D eigenvalue weighted by atomic mass is 16.5. The minimum atomic E-state index is 0.397. The molecule has 0 aromatic rings. The summed E-state index contributed by atoms with van der Waals surface area (Å²) in [6, 6.07) is 0.552. The van der Waals surface area contributed by atoms with Crippen LogP contribution in [-0.2, 0) is 4.74 Å². The Bertz CT molecular complexity index is 139. The average Bonchev–Trinajstić information content (AvgIpc) is 2.31. The standard InChI is InChI=1S/C14H31NO/c1-5-8-9-11-13(15-12-7-3)14(16-4)10-6-2/h13-15H,5-12H2,1-4H3. The van der Waals surface area contributed by atoms with E-state index in [-0.39, 0.29) is 0 Å². The van der Waals surface area contributed by atoms with E-state index in [1.54, 1.807) is 0 Å². The molecule has 0 saturated heterocycles. The maximum Gasteiger partial charge on any atom is 0.0724 e. The summed E-state index contributed by atoms with van der Waals surface area (Å²) in [7, 11) is 1.85. The van der Waals surface area contributed by atoms with Crippen LogP contribution in [0.2, 0.25) is 0 Å². The molecule has 2 unspecified atom stereocenters. The minimum absolute atomic E-state index is 0.397. The van der Waals surface area contributed by atoms with Crippen LogP contribution in [0.5, 0.6) is 0 Å². The van der Waals surface area contributed by atoms with E-state index >= 15 is 0 Å². The summed E-state index contributed by atoms with van der Waals surface area (Å²) in [5.74, 6) is 0. The maximum atomic E-state index is 5.62. The van der Waals surface area contributed by atoms with Gasteiger partial charge in [0.2, 0.25) is 0 Å². The summed E-state index contributed by atoms with van der Waals surface area (Å²) in [5.41, 5.74) is 0. The highest BCUT2D eigenvalue weighted by Crippen LogP contribution is 2.13. The van der Waals surface area contributed by atoms with Gasteiger partial charge in [-0.15, -0.1) is 0 Å². The molecule has 16 heavy (non-hydrogen) atoms. The topological polar surface area (TPSA) is 21.3 Å². The van der Waals surface area contributed by atoms with Crippen molar-refractivity contribution < 1.29 is 4.74 Å². The van der Waals surface area contributed by atoms with Gasteiger partial charge in [0, 0.05) is 13.2 Å². The van der Waals surface area contributed by atoms with Gasteiger partial charge in [0.05, 0.1) is 6.10 Å². The van der Waals surface area contributed by atoms with E-state index in [1.807, 2.05) is 7.11 Å². The molecular weight excluding hydrogens is 198 g/mol. The van der Waals surface area contributed by atoms with Gasteiger partial charge in [-0.2, -0.15) is 0 Å². The van der Waals surface area contributed by atoms with Crippen molar-refractivity contribution >= 4 is 0 Å². The predicted octanol–water partition coefficient (Wildman–Crippen LogP) is 3.75. The smallest absolute Gasteiger partial charge is 0.0724 e. The highest BCUT2D eigenvalue weighted by molar-refractivity contribution is 4.76. The van der Waals surface area contributed by atoms with Gasteiger partial charge >= 0.3 is 0 Å². The van der Waals surface area contributed by atoms with Crippen LogP contribution in [0.1, 0.15) is 65.7 Å². The van der Waals surface area contributed by atoms with E-state index in [2.05, 4.69) is 26.1 Å². The minimum Gasteiger partial charge on any atom is -0.380 e. The van der Waals surface area contributed by atoms with Crippen LogP contribution >= 0.6 is 0 Å². The summed E-state index contributed by atoms with van der Waals surface area (Å²) in [5, 5.41) is 3.64. The van der Waals surface area contributed by atoms with Crippen molar-refractivity contribution in [2.24, 2.45) is 0 Å². The average molecular weight is 229 g/mol. The normalized spacial score (nSPS) is 15.0. The molecule has 0 radical (unpaired) electrons. The molecular formula is C14H31NO. The van der Waals surface area contributed by atoms with Crippen LogP contribution in [0.3, 0.4) is 0 Å². The molecule has 0 rings (SSSR count). The molecule has 0 bridgehead atoms. The van der Waals surface area contributed by atoms with E-state index in [0.717, 1.165) is 6.54 Å². The summed E-state index contributed by atoms with van der Waals surface area (Å²) < 4.78 is 5.62. The van der Waals surface area contributed by atoms with E-state index < -0.39 is 0 Å². The van der Waals surface area contributed by atoms with Crippen molar-refractivity contribution in [2.45, 2.75) is 77.9 Å². The fourth-order valence-corrected chi connectivity index (χ4v) is 2.13. The SMILES string of the molecule is CCCCCC(NCCC)C(CCC)OC. The highest BCUT2D eigenvalue weighted by Gasteiger charge is 2.18. The van der Waals surface area contributed by atoms with Gasteiger partial charge in [-0.1, -0.05) is 46.5 Å². The Labute approximate surface area is 102 Å². The van der Waals surface area contributed by atoms with Crippen LogP contribution in [0.4, 0.5) is 0 Å². The van der Waals surface area contributed by atoms with Crippen molar-refractivity contribution in [1.29, 1.82) is 0 Å². The van der Waals surface area contributed by atoms with Crippen molar-refractivity contribution in [3.8, 4) is 0 Å². The first kappa shape index (κ1) is 15.9. The van der Waals surface area contributed by atoms with Gasteiger partial charge in [-0.3, -0.25) is 0 Å². The lowest BCUT2D eigenvalue weighted by Crippen LogP contribution is -2.41. The van der Waals surface area contributed by atoms with E-state index in [9.17, 15) is 0 Å². The van der Waals surface area contributed by atoms with Crippen LogP contribution in [0.15, 0.2) is 0 Å². The Balaban J connectivity index is 4.02. The Hall–Kier alpha value is -0.0800. The first-order chi connectivity index (χ1) is 7.79. The first-order valence-corrected chi connectivity index (χ1v) is 7.06. The zero-order chi connectivity index (χ0) is 12.2. The molecule has 0 fully saturated rings. The zero-order valence-electron chi connectivity index (χ0n) is 11.7. The molecule has 2 nitrogen and oxygen atoms in total. The number of hydrogen-bond acceptors (Lipinski definition) is 2. The van der Waals surface area contributed by atoms with Gasteiger partial charge in [0.15, 0.2) is 0 Å². The predicted molar refractivity (Wildman–Crippen MR) is 71.9 cm³/mol. The summed E-state index contributed by atoms with van der Waals surface area (Å²) >= 11 is 0. The van der Waals surface area contributed by atoms with Crippen LogP contribution in [0, 0.1) is 0 Å². The van der Waals surface area contributed by atoms with Gasteiger partial charge in [0.25, 0.3) is 0 Å². The Morgan fingerprint density at radius 2 is 1.69 bits per heavy atom. The second-order valence-corrected chi connectivity index (χ2v) is 4.62. The fraction of sp³-hybridized carbons (Fsp3) is 1.00. The van der Waals surface area contributed by atoms with Crippen molar-refractivity contribution in [3.05, 3.63) is 0 Å². The van der Waals surface area contributed by atoms with Gasteiger partial charge in [-0.25, -0.2) is 0 Å². The first-order valence-electron chi connectivity index (χ1n) is 7.06. The molecule has 0 spiro atoms. The Kier molecular flexibility index (Phi) is 11.3. The van der Waals surface area contributed by atoms with E-state index in [1.165, 1.54) is 44.9 Å². The number of ether oxygens (including phenoxy) is 1. The van der Waals surface area contributed by atoms with Crippen LogP contribution < -0.4 is 5.32 Å². The van der Waals surface area contributed by atoms with Crippen molar-refractivity contribution in [1.82, 2.24) is 5.32 Å². The molecule has 0 saturated carbocycles. The van der Waals surface area contributed by atoms with E-state index in [0.29, 0.717) is 12.1 Å². The van der Waals surface area contributed by atoms with Gasteiger partial charge in [-0.05, 0) is 25.8 Å². The molecule has 0 aromatic heterocycles. The molecule has 0 aliphatic carbocycles. The summed E-state index contributed by atoms with van der Waals surface area (Å²) in [4.78, 5) is 0. The van der Waals surface area contributed by atoms with Crippen LogP contribution in [0.25, 0.3) is 0 Å². The molecule has 0 aliphatic rings. The number of rotatable bonds is 11. The molecule has 2 heteroatoms. The lowest BCUT2D eigenvalue weighted by molar-refractivity contribution is 0.0573. The largest absolute Gasteiger partial charge is 0.380 e. The number of methoxy groups -OCH3 is 1. The molecule has 0 heterocycles. The molecule has 0 amide bonds. The van der Waals surface area contributed by atoms with Crippen molar-refractivity contribution in [2.75, 3.05) is 13.7 Å². The summed E-state index contributed by atoms with van der Waals surface area (Å²) in [6.45, 7) is 7.82. The van der Waals surface area contributed by atoms with Gasteiger partial charge < -0.3 is 10.1 Å². The lowest BCUT2D eigenvalue weighted by atomic mass is 9.99. The third-order valence-corrected chi connectivity index (χ3v) is 3.10. The molecule has 2 atom stereocenters. The Morgan fingerprint density at radius 1 is 0.938 bits per heavy atom. The zero-order valence-corrected chi connectivity index (χ0v) is 11.7. The molecule has 98 valence electrons. The second-order valence-electron chi connectivity index (χ2n) is 4.62.